The van der Waals surface area contributed by atoms with Gasteiger partial charge in [-0.25, -0.2) is 8.42 Å². The van der Waals surface area contributed by atoms with E-state index in [9.17, 15) is 8.42 Å². The standard InChI is InChI=1S/C16H26ClNO2S/c1-4-10-18-16(7-6-11-21(19,20)5-2)15-9-8-14(17)12-13(15)3/h8-9,12,16,18H,4-7,10-11H2,1-3H3. The molecule has 5 heteroatoms. The number of benzene rings is 1. The number of hydrogen-bond acceptors (Lipinski definition) is 3. The fourth-order valence-corrected chi connectivity index (χ4v) is 3.49. The third kappa shape index (κ3) is 6.37. The molecule has 0 bridgehead atoms. The molecule has 1 unspecified atom stereocenters. The molecule has 1 aromatic carbocycles. The largest absolute Gasteiger partial charge is 0.310 e. The lowest BCUT2D eigenvalue weighted by molar-refractivity contribution is 0.490. The molecule has 120 valence electrons. The van der Waals surface area contributed by atoms with E-state index in [1.54, 1.807) is 6.92 Å². The van der Waals surface area contributed by atoms with Crippen molar-refractivity contribution in [2.24, 2.45) is 0 Å². The average molecular weight is 332 g/mol. The zero-order chi connectivity index (χ0) is 15.9. The van der Waals surface area contributed by atoms with Gasteiger partial charge in [-0.3, -0.25) is 0 Å². The van der Waals surface area contributed by atoms with E-state index in [-0.39, 0.29) is 17.5 Å². The maximum Gasteiger partial charge on any atom is 0.150 e. The summed E-state index contributed by atoms with van der Waals surface area (Å²) in [7, 11) is -2.88. The molecule has 0 radical (unpaired) electrons. The zero-order valence-electron chi connectivity index (χ0n) is 13.2. The minimum absolute atomic E-state index is 0.189. The number of aryl methyl sites for hydroxylation is 1. The van der Waals surface area contributed by atoms with Gasteiger partial charge in [-0.15, -0.1) is 0 Å². The number of hydrogen-bond donors (Lipinski definition) is 1. The van der Waals surface area contributed by atoms with Crippen LogP contribution in [0.5, 0.6) is 0 Å². The normalized spacial score (nSPS) is 13.3. The highest BCUT2D eigenvalue weighted by molar-refractivity contribution is 7.91. The molecule has 0 heterocycles. The molecule has 1 rings (SSSR count). The number of sulfone groups is 1. The first-order valence-corrected chi connectivity index (χ1v) is 9.79. The van der Waals surface area contributed by atoms with Gasteiger partial charge in [0, 0.05) is 16.8 Å². The van der Waals surface area contributed by atoms with E-state index in [4.69, 9.17) is 11.6 Å². The molecule has 0 aliphatic heterocycles. The molecular formula is C16H26ClNO2S. The number of rotatable bonds is 9. The molecule has 1 N–H and O–H groups in total. The maximum atomic E-state index is 11.6. The summed E-state index contributed by atoms with van der Waals surface area (Å²) < 4.78 is 23.2. The van der Waals surface area contributed by atoms with Crippen molar-refractivity contribution in [2.75, 3.05) is 18.1 Å². The van der Waals surface area contributed by atoms with Crippen molar-refractivity contribution >= 4 is 21.4 Å². The maximum absolute atomic E-state index is 11.6. The Labute approximate surface area is 134 Å². The van der Waals surface area contributed by atoms with Crippen molar-refractivity contribution in [2.45, 2.75) is 46.1 Å². The molecule has 0 fully saturated rings. The van der Waals surface area contributed by atoms with Crippen LogP contribution in [0.25, 0.3) is 0 Å². The van der Waals surface area contributed by atoms with Crippen LogP contribution in [0.4, 0.5) is 0 Å². The van der Waals surface area contributed by atoms with Crippen LogP contribution >= 0.6 is 11.6 Å². The highest BCUT2D eigenvalue weighted by Gasteiger charge is 2.15. The third-order valence-corrected chi connectivity index (χ3v) is 5.66. The summed E-state index contributed by atoms with van der Waals surface area (Å²) in [5.41, 5.74) is 2.36. The first-order valence-electron chi connectivity index (χ1n) is 7.59. The zero-order valence-corrected chi connectivity index (χ0v) is 14.7. The molecule has 0 amide bonds. The van der Waals surface area contributed by atoms with Crippen molar-refractivity contribution in [3.63, 3.8) is 0 Å². The predicted octanol–water partition coefficient (Wildman–Crippen LogP) is 3.90. The first-order chi connectivity index (χ1) is 9.89. The van der Waals surface area contributed by atoms with Gasteiger partial charge in [-0.2, -0.15) is 0 Å². The van der Waals surface area contributed by atoms with Gasteiger partial charge in [0.25, 0.3) is 0 Å². The summed E-state index contributed by atoms with van der Waals surface area (Å²) >= 11 is 6.01. The van der Waals surface area contributed by atoms with Gasteiger partial charge in [0.1, 0.15) is 9.84 Å². The number of nitrogens with one attached hydrogen (secondary N) is 1. The van der Waals surface area contributed by atoms with Gasteiger partial charge in [-0.1, -0.05) is 31.5 Å². The smallest absolute Gasteiger partial charge is 0.150 e. The van der Waals surface area contributed by atoms with E-state index in [0.717, 1.165) is 30.0 Å². The lowest BCUT2D eigenvalue weighted by Gasteiger charge is -2.21. The lowest BCUT2D eigenvalue weighted by Crippen LogP contribution is -2.23. The van der Waals surface area contributed by atoms with Gasteiger partial charge < -0.3 is 5.32 Å². The second-order valence-corrected chi connectivity index (χ2v) is 8.30. The van der Waals surface area contributed by atoms with Crippen LogP contribution in [0.1, 0.15) is 50.3 Å². The van der Waals surface area contributed by atoms with Crippen molar-refractivity contribution in [3.8, 4) is 0 Å². The Balaban J connectivity index is 2.76. The van der Waals surface area contributed by atoms with Gasteiger partial charge in [0.05, 0.1) is 5.75 Å². The van der Waals surface area contributed by atoms with Gasteiger partial charge >= 0.3 is 0 Å². The predicted molar refractivity (Wildman–Crippen MR) is 90.8 cm³/mol. The Morgan fingerprint density at radius 2 is 2.00 bits per heavy atom. The molecule has 1 atom stereocenters. The summed E-state index contributed by atoms with van der Waals surface area (Å²) in [6, 6.07) is 6.08. The van der Waals surface area contributed by atoms with Crippen LogP contribution in [-0.2, 0) is 9.84 Å². The summed E-state index contributed by atoms with van der Waals surface area (Å²) in [6.07, 6.45) is 2.55. The topological polar surface area (TPSA) is 46.2 Å². The summed E-state index contributed by atoms with van der Waals surface area (Å²) in [5.74, 6) is 0.487. The van der Waals surface area contributed by atoms with Crippen molar-refractivity contribution in [1.82, 2.24) is 5.32 Å². The average Bonchev–Trinajstić information content (AvgIpc) is 2.43. The van der Waals surface area contributed by atoms with E-state index in [2.05, 4.69) is 12.2 Å². The van der Waals surface area contributed by atoms with Gasteiger partial charge in [0.15, 0.2) is 0 Å². The Kier molecular flexibility index (Phi) is 7.71. The van der Waals surface area contributed by atoms with E-state index < -0.39 is 9.84 Å². The quantitative estimate of drug-likeness (QED) is 0.746. The molecule has 0 aliphatic rings. The van der Waals surface area contributed by atoms with E-state index in [1.807, 2.05) is 25.1 Å². The summed E-state index contributed by atoms with van der Waals surface area (Å²) in [6.45, 7) is 6.80. The monoisotopic (exact) mass is 331 g/mol. The van der Waals surface area contributed by atoms with E-state index in [0.29, 0.717) is 6.42 Å². The molecule has 3 nitrogen and oxygen atoms in total. The molecule has 1 aromatic rings. The van der Waals surface area contributed by atoms with Gasteiger partial charge in [-0.05, 0) is 56.0 Å². The Bertz CT molecular complexity index is 543. The highest BCUT2D eigenvalue weighted by Crippen LogP contribution is 2.25. The fraction of sp³-hybridized carbons (Fsp3) is 0.625. The first kappa shape index (κ1) is 18.5. The van der Waals surface area contributed by atoms with Crippen LogP contribution in [0, 0.1) is 6.92 Å². The van der Waals surface area contributed by atoms with Crippen molar-refractivity contribution in [1.29, 1.82) is 0 Å². The molecule has 0 aromatic heterocycles. The number of halogens is 1. The van der Waals surface area contributed by atoms with Crippen LogP contribution in [0.3, 0.4) is 0 Å². The second kappa shape index (κ2) is 8.76. The minimum atomic E-state index is -2.88. The molecule has 0 saturated carbocycles. The third-order valence-electron chi connectivity index (χ3n) is 3.64. The van der Waals surface area contributed by atoms with Crippen LogP contribution < -0.4 is 5.32 Å². The van der Waals surface area contributed by atoms with E-state index >= 15 is 0 Å². The van der Waals surface area contributed by atoms with Crippen LogP contribution in [-0.4, -0.2) is 26.5 Å². The summed E-state index contributed by atoms with van der Waals surface area (Å²) in [4.78, 5) is 0. The van der Waals surface area contributed by atoms with Crippen molar-refractivity contribution in [3.05, 3.63) is 34.3 Å². The van der Waals surface area contributed by atoms with Crippen LogP contribution in [0.2, 0.25) is 5.02 Å². The Morgan fingerprint density at radius 1 is 1.29 bits per heavy atom. The van der Waals surface area contributed by atoms with Crippen molar-refractivity contribution < 1.29 is 8.42 Å². The highest BCUT2D eigenvalue weighted by atomic mass is 35.5. The molecule has 0 spiro atoms. The minimum Gasteiger partial charge on any atom is -0.310 e. The van der Waals surface area contributed by atoms with E-state index in [1.165, 1.54) is 5.56 Å². The Morgan fingerprint density at radius 3 is 2.57 bits per heavy atom. The summed E-state index contributed by atoms with van der Waals surface area (Å²) in [5, 5.41) is 4.25. The van der Waals surface area contributed by atoms with Gasteiger partial charge in [0.2, 0.25) is 0 Å². The SMILES string of the molecule is CCCNC(CCCS(=O)(=O)CC)c1ccc(Cl)cc1C. The molecular weight excluding hydrogens is 306 g/mol. The second-order valence-electron chi connectivity index (χ2n) is 5.39. The van der Waals surface area contributed by atoms with Crippen LogP contribution in [0.15, 0.2) is 18.2 Å². The Hall–Kier alpha value is -0.580. The lowest BCUT2D eigenvalue weighted by atomic mass is 9.97. The molecule has 0 aliphatic carbocycles. The fourth-order valence-electron chi connectivity index (χ4n) is 2.37. The molecule has 0 saturated heterocycles. The molecule has 21 heavy (non-hydrogen) atoms.